The van der Waals surface area contributed by atoms with Crippen LogP contribution in [0.4, 0.5) is 23.9 Å². The van der Waals surface area contributed by atoms with Gasteiger partial charge in [-0.2, -0.15) is 9.38 Å². The average Bonchev–Trinajstić information content (AvgIpc) is 3.06. The largest absolute Gasteiger partial charge is 0.422 e. The summed E-state index contributed by atoms with van der Waals surface area (Å²) >= 11 is 1.31. The van der Waals surface area contributed by atoms with E-state index in [0.29, 0.717) is 17.2 Å². The summed E-state index contributed by atoms with van der Waals surface area (Å²) in [7, 11) is 0. The molecule has 0 spiro atoms. The van der Waals surface area contributed by atoms with Crippen LogP contribution in [0.15, 0.2) is 53.0 Å². The van der Waals surface area contributed by atoms with E-state index in [0.717, 1.165) is 11.8 Å². The SMILES string of the molecule is Fc1ccc(N2Cc3ncsc3N=C2Oc2cccc(F)c2F)cc1. The molecule has 1 aliphatic heterocycles. The fourth-order valence-electron chi connectivity index (χ4n) is 2.39. The quantitative estimate of drug-likeness (QED) is 0.667. The molecule has 0 unspecified atom stereocenters. The van der Waals surface area contributed by atoms with Crippen molar-refractivity contribution in [2.45, 2.75) is 6.54 Å². The van der Waals surface area contributed by atoms with E-state index in [1.54, 1.807) is 22.5 Å². The fourth-order valence-corrected chi connectivity index (χ4v) is 3.05. The predicted molar refractivity (Wildman–Crippen MR) is 88.8 cm³/mol. The third kappa shape index (κ3) is 2.96. The minimum absolute atomic E-state index is 0.0628. The molecule has 1 aromatic heterocycles. The first kappa shape index (κ1) is 15.6. The number of benzene rings is 2. The number of nitrogens with zero attached hydrogens (tertiary/aromatic N) is 3. The molecule has 4 rings (SSSR count). The Kier molecular flexibility index (Phi) is 3.89. The number of aliphatic imine (C=N–C) groups is 1. The molecule has 0 atom stereocenters. The number of hydrogen-bond donors (Lipinski definition) is 0. The normalized spacial score (nSPS) is 13.4. The molecule has 2 aromatic carbocycles. The molecule has 4 nitrogen and oxygen atoms in total. The van der Waals surface area contributed by atoms with Crippen molar-refractivity contribution in [1.82, 2.24) is 4.98 Å². The Balaban J connectivity index is 1.75. The minimum atomic E-state index is -1.10. The number of anilines is 1. The van der Waals surface area contributed by atoms with Crippen molar-refractivity contribution in [3.8, 4) is 5.75 Å². The number of rotatable bonds is 2. The molecule has 3 aromatic rings. The van der Waals surface area contributed by atoms with Gasteiger partial charge >= 0.3 is 6.02 Å². The van der Waals surface area contributed by atoms with Crippen LogP contribution < -0.4 is 9.64 Å². The lowest BCUT2D eigenvalue weighted by Crippen LogP contribution is -2.36. The summed E-state index contributed by atoms with van der Waals surface area (Å²) in [4.78, 5) is 10.2. The molecule has 0 saturated carbocycles. The minimum Gasteiger partial charge on any atom is -0.422 e. The number of amidine groups is 1. The van der Waals surface area contributed by atoms with Gasteiger partial charge < -0.3 is 4.74 Å². The molecular weight excluding hydrogens is 351 g/mol. The molecule has 0 fully saturated rings. The summed E-state index contributed by atoms with van der Waals surface area (Å²) in [5, 5.41) is 0.630. The summed E-state index contributed by atoms with van der Waals surface area (Å²) in [6.45, 7) is 0.320. The molecule has 0 N–H and O–H groups in total. The first-order chi connectivity index (χ1) is 12.1. The first-order valence-electron chi connectivity index (χ1n) is 7.28. The monoisotopic (exact) mass is 361 g/mol. The molecule has 126 valence electrons. The van der Waals surface area contributed by atoms with Crippen LogP contribution in [-0.2, 0) is 6.54 Å². The van der Waals surface area contributed by atoms with Crippen LogP contribution in [0.1, 0.15) is 5.69 Å². The van der Waals surface area contributed by atoms with E-state index in [9.17, 15) is 13.2 Å². The van der Waals surface area contributed by atoms with Crippen molar-refractivity contribution in [2.75, 3.05) is 4.90 Å². The lowest BCUT2D eigenvalue weighted by molar-refractivity contribution is 0.440. The standard InChI is InChI=1S/C17H10F3N3OS/c18-10-4-6-11(7-5-10)23-8-13-16(25-9-21-13)22-17(23)24-14-3-1-2-12(19)15(14)20/h1-7,9H,8H2. The Morgan fingerprint density at radius 2 is 1.84 bits per heavy atom. The van der Waals surface area contributed by atoms with Crippen LogP contribution >= 0.6 is 11.3 Å². The van der Waals surface area contributed by atoms with Crippen molar-refractivity contribution in [2.24, 2.45) is 4.99 Å². The van der Waals surface area contributed by atoms with Crippen molar-refractivity contribution in [3.05, 3.63) is 71.1 Å². The maximum atomic E-state index is 13.9. The van der Waals surface area contributed by atoms with Gasteiger partial charge in [0, 0.05) is 5.69 Å². The Morgan fingerprint density at radius 1 is 1.04 bits per heavy atom. The van der Waals surface area contributed by atoms with E-state index >= 15 is 0 Å². The lowest BCUT2D eigenvalue weighted by atomic mass is 10.2. The van der Waals surface area contributed by atoms with Gasteiger partial charge in [0.05, 0.1) is 17.7 Å². The topological polar surface area (TPSA) is 37.7 Å². The van der Waals surface area contributed by atoms with Gasteiger partial charge in [0.1, 0.15) is 10.8 Å². The van der Waals surface area contributed by atoms with Crippen molar-refractivity contribution in [3.63, 3.8) is 0 Å². The van der Waals surface area contributed by atoms with Crippen LogP contribution in [0.5, 0.6) is 5.75 Å². The zero-order valence-corrected chi connectivity index (χ0v) is 13.4. The van der Waals surface area contributed by atoms with Gasteiger partial charge in [-0.05, 0) is 36.4 Å². The van der Waals surface area contributed by atoms with Gasteiger partial charge in [-0.25, -0.2) is 13.8 Å². The maximum absolute atomic E-state index is 13.9. The molecule has 0 radical (unpaired) electrons. The molecule has 0 saturated heterocycles. The zero-order chi connectivity index (χ0) is 17.4. The van der Waals surface area contributed by atoms with Crippen LogP contribution in [0.2, 0.25) is 0 Å². The van der Waals surface area contributed by atoms with E-state index in [2.05, 4.69) is 9.98 Å². The van der Waals surface area contributed by atoms with Crippen molar-refractivity contribution >= 4 is 28.0 Å². The number of aromatic nitrogens is 1. The summed E-state index contributed by atoms with van der Waals surface area (Å²) in [6, 6.07) is 9.42. The van der Waals surface area contributed by atoms with Gasteiger partial charge in [0.2, 0.25) is 5.82 Å². The van der Waals surface area contributed by atoms with E-state index in [-0.39, 0.29) is 17.6 Å². The molecule has 25 heavy (non-hydrogen) atoms. The van der Waals surface area contributed by atoms with Crippen LogP contribution in [0.3, 0.4) is 0 Å². The summed E-state index contributed by atoms with van der Waals surface area (Å²) in [5.74, 6) is -2.77. The number of hydrogen-bond acceptors (Lipinski definition) is 5. The number of ether oxygens (including phenoxy) is 1. The average molecular weight is 361 g/mol. The molecule has 0 aliphatic carbocycles. The Morgan fingerprint density at radius 3 is 2.64 bits per heavy atom. The van der Waals surface area contributed by atoms with Gasteiger partial charge in [0.25, 0.3) is 0 Å². The smallest absolute Gasteiger partial charge is 0.304 e. The van der Waals surface area contributed by atoms with E-state index in [1.807, 2.05) is 0 Å². The Bertz CT molecular complexity index is 956. The van der Waals surface area contributed by atoms with Crippen LogP contribution in [0.25, 0.3) is 0 Å². The number of thiazole rings is 1. The van der Waals surface area contributed by atoms with Crippen molar-refractivity contribution < 1.29 is 17.9 Å². The molecule has 0 bridgehead atoms. The predicted octanol–water partition coefficient (Wildman–Crippen LogP) is 4.65. The van der Waals surface area contributed by atoms with E-state index in [4.69, 9.17) is 4.74 Å². The maximum Gasteiger partial charge on any atom is 0.304 e. The highest BCUT2D eigenvalue weighted by Gasteiger charge is 2.26. The number of halogens is 3. The second-order valence-electron chi connectivity index (χ2n) is 5.22. The highest BCUT2D eigenvalue weighted by molar-refractivity contribution is 7.13. The third-order valence-electron chi connectivity index (χ3n) is 3.61. The Labute approximate surface area is 144 Å². The fraction of sp³-hybridized carbons (Fsp3) is 0.0588. The van der Waals surface area contributed by atoms with Gasteiger partial charge in [-0.1, -0.05) is 6.07 Å². The summed E-state index contributed by atoms with van der Waals surface area (Å²) in [5.41, 5.74) is 2.96. The van der Waals surface area contributed by atoms with E-state index in [1.165, 1.54) is 35.6 Å². The van der Waals surface area contributed by atoms with Crippen molar-refractivity contribution in [1.29, 1.82) is 0 Å². The molecule has 0 amide bonds. The summed E-state index contributed by atoms with van der Waals surface area (Å²) < 4.78 is 46.1. The molecular formula is C17H10F3N3OS. The highest BCUT2D eigenvalue weighted by atomic mass is 32.1. The first-order valence-corrected chi connectivity index (χ1v) is 8.16. The molecule has 1 aliphatic rings. The van der Waals surface area contributed by atoms with Crippen LogP contribution in [-0.4, -0.2) is 11.0 Å². The van der Waals surface area contributed by atoms with E-state index < -0.39 is 11.6 Å². The van der Waals surface area contributed by atoms with Gasteiger partial charge in [-0.15, -0.1) is 11.3 Å². The van der Waals surface area contributed by atoms with Gasteiger partial charge in [0.15, 0.2) is 11.6 Å². The second-order valence-corrected chi connectivity index (χ2v) is 6.05. The number of fused-ring (bicyclic) bond motifs is 1. The highest BCUT2D eigenvalue weighted by Crippen LogP contribution is 2.33. The zero-order valence-electron chi connectivity index (χ0n) is 12.6. The van der Waals surface area contributed by atoms with Gasteiger partial charge in [-0.3, -0.25) is 4.90 Å². The van der Waals surface area contributed by atoms with Crippen LogP contribution in [0, 0.1) is 17.5 Å². The molecule has 8 heteroatoms. The molecule has 2 heterocycles. The second kappa shape index (κ2) is 6.21. The summed E-state index contributed by atoms with van der Waals surface area (Å²) in [6.07, 6.45) is 0. The Hall–Kier alpha value is -2.87. The lowest BCUT2D eigenvalue weighted by Gasteiger charge is -2.27. The third-order valence-corrected chi connectivity index (χ3v) is 4.37.